The summed E-state index contributed by atoms with van der Waals surface area (Å²) in [5.74, 6) is 0. The van der Waals surface area contributed by atoms with Crippen molar-refractivity contribution in [2.45, 2.75) is 13.5 Å². The average molecular weight is 202 g/mol. The fourth-order valence-electron chi connectivity index (χ4n) is 1.82. The van der Waals surface area contributed by atoms with Gasteiger partial charge in [-0.05, 0) is 23.9 Å². The molecule has 78 valence electrons. The Balaban J connectivity index is 3.00. The van der Waals surface area contributed by atoms with Crippen LogP contribution in [-0.4, -0.2) is 4.57 Å². The summed E-state index contributed by atoms with van der Waals surface area (Å²) in [4.78, 5) is 12.0. The molecule has 1 heterocycles. The van der Waals surface area contributed by atoms with E-state index in [-0.39, 0.29) is 5.56 Å². The van der Waals surface area contributed by atoms with Gasteiger partial charge in [0.05, 0.1) is 5.39 Å². The van der Waals surface area contributed by atoms with Gasteiger partial charge in [0.1, 0.15) is 0 Å². The Morgan fingerprint density at radius 1 is 1.40 bits per heavy atom. The minimum atomic E-state index is 0.0334. The largest absolute Gasteiger partial charge is 0.326 e. The molecule has 0 amide bonds. The van der Waals surface area contributed by atoms with Crippen LogP contribution >= 0.6 is 0 Å². The van der Waals surface area contributed by atoms with Crippen LogP contribution < -0.4 is 11.3 Å². The van der Waals surface area contributed by atoms with Gasteiger partial charge in [-0.15, -0.1) is 0 Å². The number of hydrogen-bond acceptors (Lipinski definition) is 2. The lowest BCUT2D eigenvalue weighted by molar-refractivity contribution is 0.828. The molecule has 2 N–H and O–H groups in total. The SMILES string of the molecule is Cc1cc2cccc(CN)c2c(=O)n1C. The highest BCUT2D eigenvalue weighted by molar-refractivity contribution is 5.85. The van der Waals surface area contributed by atoms with E-state index in [1.807, 2.05) is 31.2 Å². The zero-order chi connectivity index (χ0) is 11.0. The van der Waals surface area contributed by atoms with Gasteiger partial charge in [-0.1, -0.05) is 18.2 Å². The molecule has 0 unspecified atom stereocenters. The van der Waals surface area contributed by atoms with Gasteiger partial charge < -0.3 is 10.3 Å². The Morgan fingerprint density at radius 2 is 2.13 bits per heavy atom. The number of fused-ring (bicyclic) bond motifs is 1. The molecule has 0 atom stereocenters. The Morgan fingerprint density at radius 3 is 2.80 bits per heavy atom. The van der Waals surface area contributed by atoms with E-state index in [4.69, 9.17) is 5.73 Å². The minimum Gasteiger partial charge on any atom is -0.326 e. The number of nitrogens with zero attached hydrogens (tertiary/aromatic N) is 1. The third-order valence-corrected chi connectivity index (χ3v) is 2.81. The van der Waals surface area contributed by atoms with Crippen LogP contribution in [0.5, 0.6) is 0 Å². The van der Waals surface area contributed by atoms with E-state index in [1.54, 1.807) is 11.6 Å². The number of aromatic nitrogens is 1. The highest BCUT2D eigenvalue weighted by atomic mass is 16.1. The predicted octanol–water partition coefficient (Wildman–Crippen LogP) is 1.31. The summed E-state index contributed by atoms with van der Waals surface area (Å²) >= 11 is 0. The topological polar surface area (TPSA) is 48.0 Å². The maximum atomic E-state index is 12.0. The van der Waals surface area contributed by atoms with Crippen LogP contribution in [0.1, 0.15) is 11.3 Å². The fraction of sp³-hybridized carbons (Fsp3) is 0.250. The Hall–Kier alpha value is -1.61. The smallest absolute Gasteiger partial charge is 0.258 e. The molecule has 3 nitrogen and oxygen atoms in total. The van der Waals surface area contributed by atoms with Crippen molar-refractivity contribution in [2.75, 3.05) is 0 Å². The van der Waals surface area contributed by atoms with E-state index in [0.717, 1.165) is 22.0 Å². The molecule has 0 aliphatic rings. The first-order valence-corrected chi connectivity index (χ1v) is 4.93. The number of pyridine rings is 1. The van der Waals surface area contributed by atoms with Crippen molar-refractivity contribution in [1.82, 2.24) is 4.57 Å². The molecule has 0 bridgehead atoms. The Bertz CT molecular complexity index is 570. The van der Waals surface area contributed by atoms with Crippen molar-refractivity contribution in [2.24, 2.45) is 12.8 Å². The zero-order valence-electron chi connectivity index (χ0n) is 8.95. The molecular weight excluding hydrogens is 188 g/mol. The molecular formula is C12H14N2O. The van der Waals surface area contributed by atoms with E-state index in [0.29, 0.717) is 6.54 Å². The van der Waals surface area contributed by atoms with E-state index in [2.05, 4.69) is 0 Å². The van der Waals surface area contributed by atoms with Crippen molar-refractivity contribution in [1.29, 1.82) is 0 Å². The van der Waals surface area contributed by atoms with Gasteiger partial charge in [-0.3, -0.25) is 4.79 Å². The number of aryl methyl sites for hydroxylation is 1. The number of nitrogens with two attached hydrogens (primary N) is 1. The summed E-state index contributed by atoms with van der Waals surface area (Å²) in [6.07, 6.45) is 0. The Labute approximate surface area is 88.1 Å². The van der Waals surface area contributed by atoms with Crippen LogP contribution in [-0.2, 0) is 13.6 Å². The molecule has 0 aliphatic carbocycles. The van der Waals surface area contributed by atoms with Gasteiger partial charge >= 0.3 is 0 Å². The summed E-state index contributed by atoms with van der Waals surface area (Å²) < 4.78 is 1.65. The third-order valence-electron chi connectivity index (χ3n) is 2.81. The summed E-state index contributed by atoms with van der Waals surface area (Å²) in [6, 6.07) is 7.79. The third kappa shape index (κ3) is 1.45. The van der Waals surface area contributed by atoms with Gasteiger partial charge in [0.15, 0.2) is 0 Å². The van der Waals surface area contributed by atoms with E-state index in [1.165, 1.54) is 0 Å². The van der Waals surface area contributed by atoms with Crippen LogP contribution in [0.25, 0.3) is 10.8 Å². The van der Waals surface area contributed by atoms with Crippen molar-refractivity contribution in [3.63, 3.8) is 0 Å². The number of hydrogen-bond donors (Lipinski definition) is 1. The molecule has 2 rings (SSSR count). The summed E-state index contributed by atoms with van der Waals surface area (Å²) in [5, 5.41) is 1.71. The summed E-state index contributed by atoms with van der Waals surface area (Å²) in [5.41, 5.74) is 7.53. The lowest BCUT2D eigenvalue weighted by Crippen LogP contribution is -2.20. The highest BCUT2D eigenvalue weighted by Crippen LogP contribution is 2.15. The van der Waals surface area contributed by atoms with Gasteiger partial charge in [0.25, 0.3) is 5.56 Å². The number of rotatable bonds is 1. The molecule has 1 aromatic carbocycles. The van der Waals surface area contributed by atoms with Crippen LogP contribution in [0.3, 0.4) is 0 Å². The molecule has 0 saturated carbocycles. The van der Waals surface area contributed by atoms with Crippen molar-refractivity contribution in [3.8, 4) is 0 Å². The molecule has 0 aliphatic heterocycles. The molecule has 2 aromatic rings. The summed E-state index contributed by atoms with van der Waals surface area (Å²) in [7, 11) is 1.78. The first-order valence-electron chi connectivity index (χ1n) is 4.93. The second kappa shape index (κ2) is 3.51. The van der Waals surface area contributed by atoms with Crippen molar-refractivity contribution >= 4 is 10.8 Å². The zero-order valence-corrected chi connectivity index (χ0v) is 8.95. The normalized spacial score (nSPS) is 10.9. The quantitative estimate of drug-likeness (QED) is 0.757. The average Bonchev–Trinajstić information content (AvgIpc) is 2.25. The fourth-order valence-corrected chi connectivity index (χ4v) is 1.82. The van der Waals surface area contributed by atoms with E-state index in [9.17, 15) is 4.79 Å². The Kier molecular flexibility index (Phi) is 2.32. The van der Waals surface area contributed by atoms with Gasteiger partial charge in [0.2, 0.25) is 0 Å². The van der Waals surface area contributed by atoms with Crippen LogP contribution in [0.2, 0.25) is 0 Å². The standard InChI is InChI=1S/C12H14N2O/c1-8-6-9-4-3-5-10(7-13)11(9)12(15)14(8)2/h3-6H,7,13H2,1-2H3. The van der Waals surface area contributed by atoms with Crippen molar-refractivity contribution in [3.05, 3.63) is 45.9 Å². The van der Waals surface area contributed by atoms with E-state index < -0.39 is 0 Å². The molecule has 0 spiro atoms. The first-order chi connectivity index (χ1) is 7.15. The second-order valence-electron chi connectivity index (χ2n) is 3.74. The van der Waals surface area contributed by atoms with Gasteiger partial charge in [0, 0.05) is 19.3 Å². The van der Waals surface area contributed by atoms with Gasteiger partial charge in [-0.2, -0.15) is 0 Å². The van der Waals surface area contributed by atoms with Crippen molar-refractivity contribution < 1.29 is 0 Å². The summed E-state index contributed by atoms with van der Waals surface area (Å²) in [6.45, 7) is 2.33. The van der Waals surface area contributed by atoms with Crippen LogP contribution in [0.15, 0.2) is 29.1 Å². The first kappa shape index (κ1) is 9.93. The van der Waals surface area contributed by atoms with Crippen LogP contribution in [0, 0.1) is 6.92 Å². The second-order valence-corrected chi connectivity index (χ2v) is 3.74. The molecule has 3 heteroatoms. The molecule has 15 heavy (non-hydrogen) atoms. The van der Waals surface area contributed by atoms with E-state index >= 15 is 0 Å². The monoisotopic (exact) mass is 202 g/mol. The molecule has 0 fully saturated rings. The molecule has 1 aromatic heterocycles. The highest BCUT2D eigenvalue weighted by Gasteiger charge is 2.06. The maximum Gasteiger partial charge on any atom is 0.258 e. The van der Waals surface area contributed by atoms with Gasteiger partial charge in [-0.25, -0.2) is 0 Å². The lowest BCUT2D eigenvalue weighted by Gasteiger charge is -2.08. The maximum absolute atomic E-state index is 12.0. The molecule has 0 saturated heterocycles. The molecule has 0 radical (unpaired) electrons. The van der Waals surface area contributed by atoms with Crippen LogP contribution in [0.4, 0.5) is 0 Å². The minimum absolute atomic E-state index is 0.0334. The number of benzene rings is 1. The lowest BCUT2D eigenvalue weighted by atomic mass is 10.1. The predicted molar refractivity (Wildman–Crippen MR) is 61.8 cm³/mol.